The molecule has 0 saturated heterocycles. The van der Waals surface area contributed by atoms with Gasteiger partial charge in [-0.15, -0.1) is 0 Å². The molecule has 250 valence electrons. The number of hydrogen-bond donors (Lipinski definition) is 0. The number of benzene rings is 10. The average Bonchev–Trinajstić information content (AvgIpc) is 3.24. The van der Waals surface area contributed by atoms with Crippen molar-refractivity contribution in [3.05, 3.63) is 194 Å². The van der Waals surface area contributed by atoms with E-state index in [1.54, 1.807) is 0 Å². The first kappa shape index (κ1) is 30.5. The number of nitrogens with zero attached hydrogens (tertiary/aromatic N) is 2. The van der Waals surface area contributed by atoms with E-state index in [9.17, 15) is 0 Å². The molecule has 11 aromatic rings. The molecule has 2 nitrogen and oxygen atoms in total. The molecule has 10 aromatic carbocycles. The molecule has 1 aromatic heterocycles. The molecule has 11 rings (SSSR count). The molecule has 0 saturated carbocycles. The van der Waals surface area contributed by atoms with Crippen molar-refractivity contribution in [1.82, 2.24) is 9.97 Å². The average molecular weight is 685 g/mol. The first-order valence-corrected chi connectivity index (χ1v) is 18.5. The summed E-state index contributed by atoms with van der Waals surface area (Å²) < 4.78 is 0. The van der Waals surface area contributed by atoms with Gasteiger partial charge in [-0.1, -0.05) is 170 Å². The Balaban J connectivity index is 1.23. The van der Waals surface area contributed by atoms with Crippen LogP contribution in [0.5, 0.6) is 0 Å². The van der Waals surface area contributed by atoms with Crippen LogP contribution in [0.25, 0.3) is 110 Å². The van der Waals surface area contributed by atoms with Crippen LogP contribution in [0.1, 0.15) is 0 Å². The monoisotopic (exact) mass is 684 g/mol. The molecule has 54 heavy (non-hydrogen) atoms. The van der Waals surface area contributed by atoms with Gasteiger partial charge in [0.15, 0.2) is 5.82 Å². The van der Waals surface area contributed by atoms with Crippen LogP contribution in [0.2, 0.25) is 0 Å². The van der Waals surface area contributed by atoms with E-state index in [0.717, 1.165) is 27.7 Å². The third kappa shape index (κ3) is 4.88. The number of rotatable bonds is 4. The first-order valence-electron chi connectivity index (χ1n) is 18.5. The molecular formula is C52H32N2. The van der Waals surface area contributed by atoms with Crippen LogP contribution >= 0.6 is 0 Å². The molecule has 0 aliphatic heterocycles. The zero-order valence-corrected chi connectivity index (χ0v) is 29.4. The summed E-state index contributed by atoms with van der Waals surface area (Å²) in [5, 5.41) is 13.2. The molecule has 0 N–H and O–H groups in total. The summed E-state index contributed by atoms with van der Waals surface area (Å²) in [6.45, 7) is 0. The maximum Gasteiger partial charge on any atom is 0.160 e. The van der Waals surface area contributed by atoms with Crippen molar-refractivity contribution in [1.29, 1.82) is 0 Å². The lowest BCUT2D eigenvalue weighted by molar-refractivity contribution is 1.23. The molecular weight excluding hydrogens is 653 g/mol. The molecule has 2 heteroatoms. The second-order valence-corrected chi connectivity index (χ2v) is 14.1. The molecule has 1 heterocycles. The zero-order valence-electron chi connectivity index (χ0n) is 29.4. The van der Waals surface area contributed by atoms with E-state index in [1.807, 2.05) is 0 Å². The Morgan fingerprint density at radius 3 is 1.46 bits per heavy atom. The van der Waals surface area contributed by atoms with Gasteiger partial charge in [0, 0.05) is 16.5 Å². The fraction of sp³-hybridized carbons (Fsp3) is 0. The normalized spacial score (nSPS) is 11.7. The van der Waals surface area contributed by atoms with Crippen molar-refractivity contribution in [2.45, 2.75) is 0 Å². The summed E-state index contributed by atoms with van der Waals surface area (Å²) in [6.07, 6.45) is 0. The maximum absolute atomic E-state index is 5.41. The van der Waals surface area contributed by atoms with Crippen molar-refractivity contribution >= 4 is 64.8 Å². The summed E-state index contributed by atoms with van der Waals surface area (Å²) in [6, 6.07) is 70.0. The summed E-state index contributed by atoms with van der Waals surface area (Å²) in [5.74, 6) is 0.711. The number of hydrogen-bond acceptors (Lipinski definition) is 2. The fourth-order valence-corrected chi connectivity index (χ4v) is 8.47. The van der Waals surface area contributed by atoms with E-state index in [1.165, 1.54) is 76.1 Å². The van der Waals surface area contributed by atoms with Gasteiger partial charge in [0.2, 0.25) is 0 Å². The third-order valence-electron chi connectivity index (χ3n) is 11.0. The summed E-state index contributed by atoms with van der Waals surface area (Å²) >= 11 is 0. The molecule has 0 spiro atoms. The lowest BCUT2D eigenvalue weighted by Gasteiger charge is -2.19. The standard InChI is InChI=1S/C52H32N2/c1-3-15-36-30-38(26-24-33(36)12-1)49-42-19-7-8-20-43(42)50(39-27-25-34-13-2-4-16-37(34)31-39)47-32-40(28-29-44(47)49)52-53-48-23-10-9-21-46(48)51(54-52)45-22-11-17-35-14-5-6-18-41(35)45/h1-32H. The van der Waals surface area contributed by atoms with Crippen LogP contribution in [0.3, 0.4) is 0 Å². The van der Waals surface area contributed by atoms with E-state index in [2.05, 4.69) is 194 Å². The summed E-state index contributed by atoms with van der Waals surface area (Å²) in [5.41, 5.74) is 8.80. The van der Waals surface area contributed by atoms with Gasteiger partial charge >= 0.3 is 0 Å². The molecule has 0 fully saturated rings. The Hall–Kier alpha value is -7.16. The van der Waals surface area contributed by atoms with Crippen LogP contribution in [0.4, 0.5) is 0 Å². The van der Waals surface area contributed by atoms with Crippen molar-refractivity contribution in [3.8, 4) is 44.9 Å². The van der Waals surface area contributed by atoms with Crippen molar-refractivity contribution < 1.29 is 0 Å². The Morgan fingerprint density at radius 1 is 0.278 bits per heavy atom. The summed E-state index contributed by atoms with van der Waals surface area (Å²) in [7, 11) is 0. The SMILES string of the molecule is c1ccc2cc(-c3c4ccccc4c(-c4ccc5ccccc5c4)c4cc(-c5nc(-c6cccc7ccccc67)c6ccccc6n5)ccc34)ccc2c1. The van der Waals surface area contributed by atoms with Gasteiger partial charge in [-0.05, 0) is 100 Å². The predicted octanol–water partition coefficient (Wildman–Crippen LogP) is 14.1. The highest BCUT2D eigenvalue weighted by Gasteiger charge is 2.20. The van der Waals surface area contributed by atoms with Gasteiger partial charge in [0.25, 0.3) is 0 Å². The predicted molar refractivity (Wildman–Crippen MR) is 229 cm³/mol. The topological polar surface area (TPSA) is 25.8 Å². The van der Waals surface area contributed by atoms with E-state index < -0.39 is 0 Å². The quantitative estimate of drug-likeness (QED) is 0.172. The minimum Gasteiger partial charge on any atom is -0.228 e. The summed E-state index contributed by atoms with van der Waals surface area (Å²) in [4.78, 5) is 10.6. The number of para-hydroxylation sites is 1. The number of aromatic nitrogens is 2. The van der Waals surface area contributed by atoms with Crippen LogP contribution < -0.4 is 0 Å². The van der Waals surface area contributed by atoms with Gasteiger partial charge < -0.3 is 0 Å². The van der Waals surface area contributed by atoms with Crippen molar-refractivity contribution in [2.75, 3.05) is 0 Å². The molecule has 0 amide bonds. The lowest BCUT2D eigenvalue weighted by Crippen LogP contribution is -1.97. The third-order valence-corrected chi connectivity index (χ3v) is 11.0. The highest BCUT2D eigenvalue weighted by Crippen LogP contribution is 2.46. The smallest absolute Gasteiger partial charge is 0.160 e. The van der Waals surface area contributed by atoms with Crippen LogP contribution in [-0.4, -0.2) is 9.97 Å². The minimum absolute atomic E-state index is 0.711. The Labute approximate surface area is 312 Å². The van der Waals surface area contributed by atoms with Gasteiger partial charge in [0.1, 0.15) is 0 Å². The lowest BCUT2D eigenvalue weighted by atomic mass is 9.84. The van der Waals surface area contributed by atoms with Crippen molar-refractivity contribution in [3.63, 3.8) is 0 Å². The van der Waals surface area contributed by atoms with Gasteiger partial charge in [-0.2, -0.15) is 0 Å². The van der Waals surface area contributed by atoms with Gasteiger partial charge in [0.05, 0.1) is 11.2 Å². The highest BCUT2D eigenvalue weighted by atomic mass is 14.9. The Bertz CT molecular complexity index is 3280. The Morgan fingerprint density at radius 2 is 0.778 bits per heavy atom. The minimum atomic E-state index is 0.711. The molecule has 0 radical (unpaired) electrons. The molecule has 0 atom stereocenters. The van der Waals surface area contributed by atoms with E-state index in [4.69, 9.17) is 9.97 Å². The molecule has 0 unspecified atom stereocenters. The van der Waals surface area contributed by atoms with E-state index in [-0.39, 0.29) is 0 Å². The van der Waals surface area contributed by atoms with E-state index >= 15 is 0 Å². The maximum atomic E-state index is 5.41. The van der Waals surface area contributed by atoms with Crippen LogP contribution in [0, 0.1) is 0 Å². The Kier molecular flexibility index (Phi) is 6.90. The second-order valence-electron chi connectivity index (χ2n) is 14.1. The second kappa shape index (κ2) is 12.2. The molecule has 0 aliphatic rings. The molecule has 0 aliphatic carbocycles. The van der Waals surface area contributed by atoms with Crippen LogP contribution in [-0.2, 0) is 0 Å². The van der Waals surface area contributed by atoms with E-state index in [0.29, 0.717) is 5.82 Å². The fourth-order valence-electron chi connectivity index (χ4n) is 8.47. The van der Waals surface area contributed by atoms with Crippen LogP contribution in [0.15, 0.2) is 194 Å². The highest BCUT2D eigenvalue weighted by molar-refractivity contribution is 6.22. The van der Waals surface area contributed by atoms with Crippen molar-refractivity contribution in [2.24, 2.45) is 0 Å². The zero-order chi connectivity index (χ0) is 35.6. The largest absolute Gasteiger partial charge is 0.228 e. The number of fused-ring (bicyclic) bond motifs is 6. The van der Waals surface area contributed by atoms with Gasteiger partial charge in [-0.3, -0.25) is 0 Å². The van der Waals surface area contributed by atoms with Gasteiger partial charge in [-0.25, -0.2) is 9.97 Å². The first-order chi connectivity index (χ1) is 26.8. The molecule has 0 bridgehead atoms.